The second-order valence-electron chi connectivity index (χ2n) is 5.69. The molecule has 0 spiro atoms. The third-order valence-electron chi connectivity index (χ3n) is 4.02. The molecule has 2 unspecified atom stereocenters. The van der Waals surface area contributed by atoms with Crippen LogP contribution in [0.4, 0.5) is 5.69 Å². The standard InChI is InChI=1S/C17H19N3O2/c1-11-9-10-18-16(19-11)12-5-7-13(8-6-12)20-17(22)14-3-2-4-15(14)21/h5-10,14-15,21H,2-4H2,1H3,(H,20,22). The largest absolute Gasteiger partial charge is 0.392 e. The summed E-state index contributed by atoms with van der Waals surface area (Å²) in [5, 5.41) is 12.6. The predicted molar refractivity (Wildman–Crippen MR) is 84.2 cm³/mol. The van der Waals surface area contributed by atoms with E-state index in [1.54, 1.807) is 6.20 Å². The number of aromatic nitrogens is 2. The predicted octanol–water partition coefficient (Wildman–Crippen LogP) is 2.55. The maximum atomic E-state index is 12.1. The molecule has 2 atom stereocenters. The average molecular weight is 297 g/mol. The monoisotopic (exact) mass is 297 g/mol. The first-order valence-corrected chi connectivity index (χ1v) is 7.52. The van der Waals surface area contributed by atoms with Crippen LogP contribution in [-0.4, -0.2) is 27.1 Å². The molecule has 1 aromatic heterocycles. The van der Waals surface area contributed by atoms with E-state index in [2.05, 4.69) is 15.3 Å². The first kappa shape index (κ1) is 14.7. The van der Waals surface area contributed by atoms with Crippen molar-refractivity contribution in [2.24, 2.45) is 5.92 Å². The third kappa shape index (κ3) is 3.14. The smallest absolute Gasteiger partial charge is 0.230 e. The molecule has 0 radical (unpaired) electrons. The topological polar surface area (TPSA) is 75.1 Å². The molecular weight excluding hydrogens is 278 g/mol. The van der Waals surface area contributed by atoms with Crippen LogP contribution in [0.1, 0.15) is 25.0 Å². The highest BCUT2D eigenvalue weighted by molar-refractivity contribution is 5.93. The van der Waals surface area contributed by atoms with Gasteiger partial charge in [0.1, 0.15) is 0 Å². The zero-order valence-corrected chi connectivity index (χ0v) is 12.5. The second kappa shape index (κ2) is 6.23. The SMILES string of the molecule is Cc1ccnc(-c2ccc(NC(=O)C3CCCC3O)cc2)n1. The fraction of sp³-hybridized carbons (Fsp3) is 0.353. The number of aryl methyl sites for hydroxylation is 1. The summed E-state index contributed by atoms with van der Waals surface area (Å²) in [6.45, 7) is 1.92. The number of benzene rings is 1. The molecule has 5 heteroatoms. The molecule has 0 bridgehead atoms. The number of aliphatic hydroxyl groups excluding tert-OH is 1. The van der Waals surface area contributed by atoms with Gasteiger partial charge in [-0.05, 0) is 56.5 Å². The Kier molecular flexibility index (Phi) is 4.15. The number of aliphatic hydroxyl groups is 1. The Morgan fingerprint density at radius 1 is 1.23 bits per heavy atom. The lowest BCUT2D eigenvalue weighted by atomic mass is 10.1. The fourth-order valence-electron chi connectivity index (χ4n) is 2.77. The van der Waals surface area contributed by atoms with Crippen LogP contribution in [0.15, 0.2) is 36.5 Å². The number of hydrogen-bond donors (Lipinski definition) is 2. The van der Waals surface area contributed by atoms with Crippen molar-refractivity contribution >= 4 is 11.6 Å². The van der Waals surface area contributed by atoms with Crippen LogP contribution in [0.3, 0.4) is 0 Å². The Balaban J connectivity index is 1.70. The first-order chi connectivity index (χ1) is 10.6. The van der Waals surface area contributed by atoms with Gasteiger partial charge in [0.2, 0.25) is 5.91 Å². The summed E-state index contributed by atoms with van der Waals surface area (Å²) < 4.78 is 0. The van der Waals surface area contributed by atoms with Crippen molar-refractivity contribution in [1.29, 1.82) is 0 Å². The van der Waals surface area contributed by atoms with E-state index in [1.165, 1.54) is 0 Å². The van der Waals surface area contributed by atoms with Gasteiger partial charge in [-0.2, -0.15) is 0 Å². The minimum absolute atomic E-state index is 0.107. The molecule has 3 rings (SSSR count). The van der Waals surface area contributed by atoms with Gasteiger partial charge in [0.25, 0.3) is 0 Å². The van der Waals surface area contributed by atoms with Crippen LogP contribution in [0.2, 0.25) is 0 Å². The van der Waals surface area contributed by atoms with E-state index in [-0.39, 0.29) is 11.8 Å². The third-order valence-corrected chi connectivity index (χ3v) is 4.02. The molecule has 1 aromatic carbocycles. The number of amides is 1. The van der Waals surface area contributed by atoms with Crippen LogP contribution in [0, 0.1) is 12.8 Å². The van der Waals surface area contributed by atoms with E-state index in [1.807, 2.05) is 37.3 Å². The normalized spacial score (nSPS) is 20.8. The molecule has 1 saturated carbocycles. The van der Waals surface area contributed by atoms with Crippen molar-refractivity contribution in [1.82, 2.24) is 9.97 Å². The Labute approximate surface area is 129 Å². The van der Waals surface area contributed by atoms with E-state index in [0.29, 0.717) is 12.2 Å². The summed E-state index contributed by atoms with van der Waals surface area (Å²) in [7, 11) is 0. The summed E-state index contributed by atoms with van der Waals surface area (Å²) in [6.07, 6.45) is 3.58. The second-order valence-corrected chi connectivity index (χ2v) is 5.69. The lowest BCUT2D eigenvalue weighted by Crippen LogP contribution is -2.28. The molecule has 1 amide bonds. The van der Waals surface area contributed by atoms with Gasteiger partial charge in [0.15, 0.2) is 5.82 Å². The van der Waals surface area contributed by atoms with Gasteiger partial charge in [0, 0.05) is 23.1 Å². The number of rotatable bonds is 3. The quantitative estimate of drug-likeness (QED) is 0.913. The van der Waals surface area contributed by atoms with Crippen LogP contribution >= 0.6 is 0 Å². The number of anilines is 1. The van der Waals surface area contributed by atoms with Crippen LogP contribution in [0.5, 0.6) is 0 Å². The maximum absolute atomic E-state index is 12.1. The number of carbonyl (C=O) groups is 1. The van der Waals surface area contributed by atoms with Gasteiger partial charge >= 0.3 is 0 Å². The molecule has 1 aliphatic carbocycles. The molecular formula is C17H19N3O2. The maximum Gasteiger partial charge on any atom is 0.230 e. The molecule has 2 aromatic rings. The van der Waals surface area contributed by atoms with Crippen LogP contribution in [-0.2, 0) is 4.79 Å². The number of nitrogens with one attached hydrogen (secondary N) is 1. The van der Waals surface area contributed by atoms with Crippen LogP contribution < -0.4 is 5.32 Å². The van der Waals surface area contributed by atoms with Crippen molar-refractivity contribution in [2.45, 2.75) is 32.3 Å². The molecule has 22 heavy (non-hydrogen) atoms. The van der Waals surface area contributed by atoms with Crippen molar-refractivity contribution in [2.75, 3.05) is 5.32 Å². The van der Waals surface area contributed by atoms with Gasteiger partial charge < -0.3 is 10.4 Å². The van der Waals surface area contributed by atoms with Crippen molar-refractivity contribution < 1.29 is 9.90 Å². The summed E-state index contributed by atoms with van der Waals surface area (Å²) in [4.78, 5) is 20.7. The molecule has 1 heterocycles. The Bertz CT molecular complexity index is 670. The zero-order chi connectivity index (χ0) is 15.5. The van der Waals surface area contributed by atoms with Crippen molar-refractivity contribution in [3.05, 3.63) is 42.2 Å². The Morgan fingerprint density at radius 2 is 2.00 bits per heavy atom. The number of carbonyl (C=O) groups excluding carboxylic acids is 1. The summed E-state index contributed by atoms with van der Waals surface area (Å²) in [5.41, 5.74) is 2.54. The summed E-state index contributed by atoms with van der Waals surface area (Å²) in [5.74, 6) is 0.272. The van der Waals surface area contributed by atoms with Crippen molar-refractivity contribution in [3.8, 4) is 11.4 Å². The molecule has 1 fully saturated rings. The molecule has 0 saturated heterocycles. The minimum atomic E-state index is -0.514. The Hall–Kier alpha value is -2.27. The molecule has 0 aliphatic heterocycles. The van der Waals surface area contributed by atoms with Crippen LogP contribution in [0.25, 0.3) is 11.4 Å². The van der Waals surface area contributed by atoms with E-state index < -0.39 is 6.10 Å². The number of hydrogen-bond acceptors (Lipinski definition) is 4. The van der Waals surface area contributed by atoms with Gasteiger partial charge in [-0.3, -0.25) is 4.79 Å². The first-order valence-electron chi connectivity index (χ1n) is 7.52. The summed E-state index contributed by atoms with van der Waals surface area (Å²) in [6, 6.07) is 9.29. The average Bonchev–Trinajstić information content (AvgIpc) is 2.94. The van der Waals surface area contributed by atoms with Gasteiger partial charge in [-0.15, -0.1) is 0 Å². The lowest BCUT2D eigenvalue weighted by Gasteiger charge is -2.14. The minimum Gasteiger partial charge on any atom is -0.392 e. The molecule has 114 valence electrons. The van der Waals surface area contributed by atoms with Gasteiger partial charge in [0.05, 0.1) is 12.0 Å². The molecule has 5 nitrogen and oxygen atoms in total. The highest BCUT2D eigenvalue weighted by Gasteiger charge is 2.31. The van der Waals surface area contributed by atoms with E-state index in [0.717, 1.165) is 29.8 Å². The Morgan fingerprint density at radius 3 is 2.64 bits per heavy atom. The van der Waals surface area contributed by atoms with Gasteiger partial charge in [-0.1, -0.05) is 0 Å². The lowest BCUT2D eigenvalue weighted by molar-refractivity contribution is -0.122. The summed E-state index contributed by atoms with van der Waals surface area (Å²) >= 11 is 0. The van der Waals surface area contributed by atoms with E-state index in [4.69, 9.17) is 0 Å². The highest BCUT2D eigenvalue weighted by atomic mass is 16.3. The molecule has 2 N–H and O–H groups in total. The van der Waals surface area contributed by atoms with E-state index in [9.17, 15) is 9.90 Å². The van der Waals surface area contributed by atoms with Crippen molar-refractivity contribution in [3.63, 3.8) is 0 Å². The zero-order valence-electron chi connectivity index (χ0n) is 12.5. The van der Waals surface area contributed by atoms with E-state index >= 15 is 0 Å². The van der Waals surface area contributed by atoms with Gasteiger partial charge in [-0.25, -0.2) is 9.97 Å². The fourth-order valence-corrected chi connectivity index (χ4v) is 2.77. The highest BCUT2D eigenvalue weighted by Crippen LogP contribution is 2.27. The molecule has 1 aliphatic rings. The number of nitrogens with zero attached hydrogens (tertiary/aromatic N) is 2.